The molecule has 10 nitrogen and oxygen atoms in total. The van der Waals surface area contributed by atoms with Crippen LogP contribution < -0.4 is 21.7 Å². The van der Waals surface area contributed by atoms with Gasteiger partial charge in [-0.15, -0.1) is 11.3 Å². The second-order valence-corrected chi connectivity index (χ2v) is 15.1. The molecule has 4 aromatic rings. The Hall–Kier alpha value is -4.35. The summed E-state index contributed by atoms with van der Waals surface area (Å²) in [6.07, 6.45) is 0.866. The minimum atomic E-state index is -1.15. The van der Waals surface area contributed by atoms with Gasteiger partial charge in [0.05, 0.1) is 11.7 Å². The van der Waals surface area contributed by atoms with Crippen molar-refractivity contribution >= 4 is 50.2 Å². The summed E-state index contributed by atoms with van der Waals surface area (Å²) in [4.78, 5) is 40.5. The molecule has 2 atom stereocenters. The zero-order chi connectivity index (χ0) is 34.7. The summed E-state index contributed by atoms with van der Waals surface area (Å²) >= 11 is 1.58. The molecule has 0 saturated heterocycles. The summed E-state index contributed by atoms with van der Waals surface area (Å²) in [5, 5.41) is 12.7. The molecule has 2 aromatic carbocycles. The smallest absolute Gasteiger partial charge is 0.419 e. The molecule has 0 aliphatic carbocycles. The van der Waals surface area contributed by atoms with Crippen LogP contribution in [-0.2, 0) is 31.9 Å². The highest BCUT2D eigenvalue weighted by Crippen LogP contribution is 2.27. The number of para-hydroxylation sites is 1. The van der Waals surface area contributed by atoms with E-state index in [2.05, 4.69) is 22.5 Å². The lowest BCUT2D eigenvalue weighted by molar-refractivity contribution is -0.132. The van der Waals surface area contributed by atoms with E-state index in [-0.39, 0.29) is 18.7 Å². The lowest BCUT2D eigenvalue weighted by Gasteiger charge is -2.32. The van der Waals surface area contributed by atoms with Crippen LogP contribution in [0, 0.1) is 0 Å². The Kier molecular flexibility index (Phi) is 10.4. The zero-order valence-electron chi connectivity index (χ0n) is 28.5. The van der Waals surface area contributed by atoms with E-state index in [9.17, 15) is 14.4 Å². The van der Waals surface area contributed by atoms with E-state index in [1.165, 1.54) is 4.57 Å². The molecule has 0 unspecified atom stereocenters. The van der Waals surface area contributed by atoms with Gasteiger partial charge < -0.3 is 31.2 Å². The topological polar surface area (TPSA) is 137 Å². The van der Waals surface area contributed by atoms with Crippen LogP contribution >= 0.6 is 11.3 Å². The summed E-state index contributed by atoms with van der Waals surface area (Å²) in [6, 6.07) is 14.5. The van der Waals surface area contributed by atoms with Crippen LogP contribution in [0.4, 0.5) is 4.79 Å². The predicted molar refractivity (Wildman–Crippen MR) is 188 cm³/mol. The fourth-order valence-electron chi connectivity index (χ4n) is 5.21. The van der Waals surface area contributed by atoms with Crippen molar-refractivity contribution in [2.75, 3.05) is 0 Å². The van der Waals surface area contributed by atoms with Crippen LogP contribution in [0.1, 0.15) is 66.5 Å². The molecule has 47 heavy (non-hydrogen) atoms. The molecule has 2 amide bonds. The van der Waals surface area contributed by atoms with Gasteiger partial charge in [0.25, 0.3) is 0 Å². The molecule has 0 fully saturated rings. The van der Waals surface area contributed by atoms with Gasteiger partial charge in [-0.25, -0.2) is 4.79 Å². The Bertz CT molecular complexity index is 1780. The maximum atomic E-state index is 13.9. The van der Waals surface area contributed by atoms with Gasteiger partial charge in [-0.3, -0.25) is 14.2 Å². The summed E-state index contributed by atoms with van der Waals surface area (Å²) in [6.45, 7) is 18.4. The monoisotopic (exact) mass is 661 g/mol. The van der Waals surface area contributed by atoms with Gasteiger partial charge in [0.15, 0.2) is 5.88 Å². The Morgan fingerprint density at radius 2 is 1.47 bits per heavy atom. The second-order valence-electron chi connectivity index (χ2n) is 14.2. The number of nitrogens with two attached hydrogens (primary N) is 1. The molecule has 0 saturated carbocycles. The third kappa shape index (κ3) is 9.36. The second kappa shape index (κ2) is 13.8. The molecule has 0 spiro atoms. The van der Waals surface area contributed by atoms with E-state index in [1.807, 2.05) is 95.5 Å². The standard InChI is InChI=1S/C36H47N5O5S/c1-22(45-34(2,3)4)40-36(8,9)32(43)38-27(18-24-21-47-29-17-13-11-15-26(24)29)31(42)39-30(37)19-23-20-41(33(44)46-35(5,6)7)28-16-12-10-14-25(23)28/h10-17,20-21,27,30,40H,1,18-19,37H2,2-9H3,(H,38,43)(H,39,42)/t27-,30-/m1/s1. The van der Waals surface area contributed by atoms with Gasteiger partial charge >= 0.3 is 6.09 Å². The highest BCUT2D eigenvalue weighted by molar-refractivity contribution is 7.17. The van der Waals surface area contributed by atoms with Gasteiger partial charge in [-0.1, -0.05) is 36.4 Å². The summed E-state index contributed by atoms with van der Waals surface area (Å²) in [5.74, 6) is -0.600. The van der Waals surface area contributed by atoms with Crippen molar-refractivity contribution in [1.82, 2.24) is 20.5 Å². The Morgan fingerprint density at radius 3 is 2.13 bits per heavy atom. The highest BCUT2D eigenvalue weighted by Gasteiger charge is 2.34. The van der Waals surface area contributed by atoms with Gasteiger partial charge in [-0.05, 0) is 96.0 Å². The highest BCUT2D eigenvalue weighted by atomic mass is 32.1. The molecule has 2 heterocycles. The number of nitrogens with zero attached hydrogens (tertiary/aromatic N) is 1. The maximum Gasteiger partial charge on any atom is 0.419 e. The number of ether oxygens (including phenoxy) is 2. The fraction of sp³-hybridized carbons (Fsp3) is 0.417. The number of carbonyl (C=O) groups is 3. The Balaban J connectivity index is 1.55. The van der Waals surface area contributed by atoms with Crippen LogP contribution in [0.5, 0.6) is 0 Å². The lowest BCUT2D eigenvalue weighted by Crippen LogP contribution is -2.59. The molecule has 0 bridgehead atoms. The molecule has 4 rings (SSSR count). The van der Waals surface area contributed by atoms with Gasteiger partial charge in [0.2, 0.25) is 11.8 Å². The van der Waals surface area contributed by atoms with Crippen LogP contribution in [0.25, 0.3) is 21.0 Å². The van der Waals surface area contributed by atoms with Crippen molar-refractivity contribution in [1.29, 1.82) is 0 Å². The van der Waals surface area contributed by atoms with E-state index in [4.69, 9.17) is 15.2 Å². The lowest BCUT2D eigenvalue weighted by atomic mass is 10.0. The number of benzene rings is 2. The van der Waals surface area contributed by atoms with Crippen LogP contribution in [0.3, 0.4) is 0 Å². The van der Waals surface area contributed by atoms with Crippen molar-refractivity contribution in [2.45, 2.75) is 97.2 Å². The first-order valence-corrected chi connectivity index (χ1v) is 16.5. The van der Waals surface area contributed by atoms with Crippen molar-refractivity contribution in [3.8, 4) is 0 Å². The number of hydrogen-bond acceptors (Lipinski definition) is 8. The van der Waals surface area contributed by atoms with Crippen molar-refractivity contribution in [3.63, 3.8) is 0 Å². The summed E-state index contributed by atoms with van der Waals surface area (Å²) in [5.41, 5.74) is 6.58. The molecule has 0 aliphatic heterocycles. The van der Waals surface area contributed by atoms with Gasteiger partial charge in [0.1, 0.15) is 22.8 Å². The van der Waals surface area contributed by atoms with E-state index in [0.29, 0.717) is 5.52 Å². The van der Waals surface area contributed by atoms with E-state index < -0.39 is 46.9 Å². The summed E-state index contributed by atoms with van der Waals surface area (Å²) in [7, 11) is 0. The summed E-state index contributed by atoms with van der Waals surface area (Å²) < 4.78 is 13.9. The number of amides is 2. The van der Waals surface area contributed by atoms with Crippen molar-refractivity contribution in [3.05, 3.63) is 83.7 Å². The molecule has 0 aliphatic rings. The average Bonchev–Trinajstić information content (AvgIpc) is 3.52. The third-order valence-electron chi connectivity index (χ3n) is 7.21. The maximum absolute atomic E-state index is 13.9. The van der Waals surface area contributed by atoms with Gasteiger partial charge in [0, 0.05) is 29.1 Å². The van der Waals surface area contributed by atoms with E-state index >= 15 is 0 Å². The SMILES string of the molecule is C=C(NC(C)(C)C(=O)N[C@H](Cc1csc2ccccc12)C(=O)N[C@@H](N)Cc1cn(C(=O)OC(C)(C)C)c2ccccc12)OC(C)(C)C. The first kappa shape index (κ1) is 35.5. The third-order valence-corrected chi connectivity index (χ3v) is 8.22. The number of hydrogen-bond donors (Lipinski definition) is 4. The fourth-order valence-corrected chi connectivity index (χ4v) is 6.18. The first-order chi connectivity index (χ1) is 21.8. The largest absolute Gasteiger partial charge is 0.474 e. The molecule has 0 radical (unpaired) electrons. The molecular weight excluding hydrogens is 614 g/mol. The van der Waals surface area contributed by atoms with E-state index in [1.54, 1.807) is 31.4 Å². The number of carbonyl (C=O) groups excluding carboxylic acids is 3. The minimum absolute atomic E-state index is 0.237. The molecular formula is C36H47N5O5S. The molecule has 11 heteroatoms. The first-order valence-electron chi connectivity index (χ1n) is 15.6. The number of aromatic nitrogens is 1. The zero-order valence-corrected chi connectivity index (χ0v) is 29.3. The van der Waals surface area contributed by atoms with Crippen LogP contribution in [0.15, 0.2) is 72.6 Å². The number of rotatable bonds is 11. The van der Waals surface area contributed by atoms with Crippen molar-refractivity contribution < 1.29 is 23.9 Å². The molecule has 5 N–H and O–H groups in total. The van der Waals surface area contributed by atoms with Gasteiger partial charge in [-0.2, -0.15) is 0 Å². The number of nitrogens with one attached hydrogen (secondary N) is 3. The van der Waals surface area contributed by atoms with Crippen molar-refractivity contribution in [2.24, 2.45) is 5.73 Å². The Labute approximate surface area is 280 Å². The molecule has 252 valence electrons. The van der Waals surface area contributed by atoms with Crippen LogP contribution in [-0.4, -0.2) is 51.4 Å². The predicted octanol–water partition coefficient (Wildman–Crippen LogP) is 5.96. The number of thiophene rings is 1. The quantitative estimate of drug-likeness (QED) is 0.115. The minimum Gasteiger partial charge on any atom is -0.474 e. The Morgan fingerprint density at radius 1 is 0.851 bits per heavy atom. The average molecular weight is 662 g/mol. The normalized spacial score (nSPS) is 13.6. The number of fused-ring (bicyclic) bond motifs is 2. The van der Waals surface area contributed by atoms with E-state index in [0.717, 1.165) is 26.6 Å². The van der Waals surface area contributed by atoms with Crippen LogP contribution in [0.2, 0.25) is 0 Å². The molecule has 2 aromatic heterocycles.